The van der Waals surface area contributed by atoms with Crippen molar-refractivity contribution in [2.75, 3.05) is 31.2 Å². The molecule has 0 saturated carbocycles. The number of benzene rings is 1. The molecule has 3 heterocycles. The van der Waals surface area contributed by atoms with Crippen LogP contribution >= 0.6 is 0 Å². The molecule has 3 aromatic rings. The molecule has 2 aromatic heterocycles. The molecule has 1 aromatic carbocycles. The van der Waals surface area contributed by atoms with Crippen molar-refractivity contribution >= 4 is 22.6 Å². The first-order valence-corrected chi connectivity index (χ1v) is 9.86. The third kappa shape index (κ3) is 3.58. The van der Waals surface area contributed by atoms with E-state index in [1.165, 1.54) is 0 Å². The Balaban J connectivity index is 1.83. The SMILES string of the molecule is CCOC(=O)c1cnc2ccc(C)cc2c1N1CCOC(C)(c2cnn(C)c2)C1. The van der Waals surface area contributed by atoms with Crippen molar-refractivity contribution in [1.82, 2.24) is 14.8 Å². The fourth-order valence-electron chi connectivity index (χ4n) is 3.92. The van der Waals surface area contributed by atoms with Crippen LogP contribution in [0.1, 0.15) is 35.3 Å². The molecule has 0 bridgehead atoms. The highest BCUT2D eigenvalue weighted by molar-refractivity contribution is 6.05. The summed E-state index contributed by atoms with van der Waals surface area (Å²) in [6, 6.07) is 6.10. The third-order valence-corrected chi connectivity index (χ3v) is 5.40. The number of hydrogen-bond acceptors (Lipinski definition) is 6. The van der Waals surface area contributed by atoms with Gasteiger partial charge < -0.3 is 14.4 Å². The lowest BCUT2D eigenvalue weighted by molar-refractivity contribution is -0.0466. The number of pyridine rings is 1. The van der Waals surface area contributed by atoms with Gasteiger partial charge in [0.1, 0.15) is 11.2 Å². The highest BCUT2D eigenvalue weighted by Gasteiger charge is 2.37. The smallest absolute Gasteiger partial charge is 0.341 e. The van der Waals surface area contributed by atoms with Crippen molar-refractivity contribution in [1.29, 1.82) is 0 Å². The predicted molar refractivity (Wildman–Crippen MR) is 111 cm³/mol. The summed E-state index contributed by atoms with van der Waals surface area (Å²) >= 11 is 0. The van der Waals surface area contributed by atoms with Crippen molar-refractivity contribution in [2.24, 2.45) is 7.05 Å². The van der Waals surface area contributed by atoms with E-state index in [-0.39, 0.29) is 5.97 Å². The summed E-state index contributed by atoms with van der Waals surface area (Å²) in [7, 11) is 1.89. The van der Waals surface area contributed by atoms with Crippen molar-refractivity contribution in [3.05, 3.63) is 53.5 Å². The van der Waals surface area contributed by atoms with Crippen LogP contribution in [0.4, 0.5) is 5.69 Å². The lowest BCUT2D eigenvalue weighted by atomic mass is 9.95. The summed E-state index contributed by atoms with van der Waals surface area (Å²) in [6.45, 7) is 8.05. The average molecular weight is 394 g/mol. The highest BCUT2D eigenvalue weighted by atomic mass is 16.5. The molecule has 1 aliphatic heterocycles. The van der Waals surface area contributed by atoms with Crippen LogP contribution in [0.15, 0.2) is 36.8 Å². The Morgan fingerprint density at radius 3 is 2.90 bits per heavy atom. The number of morpholine rings is 1. The van der Waals surface area contributed by atoms with E-state index in [0.717, 1.165) is 27.7 Å². The average Bonchev–Trinajstić information content (AvgIpc) is 3.14. The van der Waals surface area contributed by atoms with E-state index in [0.29, 0.717) is 31.9 Å². The number of anilines is 1. The molecular formula is C22H26N4O3. The van der Waals surface area contributed by atoms with Crippen LogP contribution in [0.3, 0.4) is 0 Å². The van der Waals surface area contributed by atoms with Gasteiger partial charge in [-0.2, -0.15) is 5.10 Å². The molecule has 1 unspecified atom stereocenters. The van der Waals surface area contributed by atoms with Crippen LogP contribution in [0.5, 0.6) is 0 Å². The van der Waals surface area contributed by atoms with Gasteiger partial charge in [-0.3, -0.25) is 9.67 Å². The number of hydrogen-bond donors (Lipinski definition) is 0. The minimum Gasteiger partial charge on any atom is -0.462 e. The molecule has 0 amide bonds. The highest BCUT2D eigenvalue weighted by Crippen LogP contribution is 2.37. The van der Waals surface area contributed by atoms with Crippen molar-refractivity contribution < 1.29 is 14.3 Å². The van der Waals surface area contributed by atoms with Crippen LogP contribution in [-0.2, 0) is 22.1 Å². The van der Waals surface area contributed by atoms with E-state index in [4.69, 9.17) is 9.47 Å². The van der Waals surface area contributed by atoms with Gasteiger partial charge >= 0.3 is 5.97 Å². The summed E-state index contributed by atoms with van der Waals surface area (Å²) in [6.07, 6.45) is 5.44. The first-order chi connectivity index (χ1) is 13.9. The monoisotopic (exact) mass is 394 g/mol. The van der Waals surface area contributed by atoms with Crippen LogP contribution < -0.4 is 4.90 Å². The summed E-state index contributed by atoms with van der Waals surface area (Å²) in [4.78, 5) is 19.5. The van der Waals surface area contributed by atoms with Gasteiger partial charge in [0.05, 0.1) is 37.2 Å². The summed E-state index contributed by atoms with van der Waals surface area (Å²) in [5, 5.41) is 5.25. The summed E-state index contributed by atoms with van der Waals surface area (Å²) in [5.41, 5.74) is 3.80. The van der Waals surface area contributed by atoms with E-state index in [1.807, 2.05) is 45.4 Å². The van der Waals surface area contributed by atoms with Gasteiger partial charge in [-0.05, 0) is 32.9 Å². The third-order valence-electron chi connectivity index (χ3n) is 5.40. The van der Waals surface area contributed by atoms with E-state index >= 15 is 0 Å². The van der Waals surface area contributed by atoms with E-state index < -0.39 is 5.60 Å². The Bertz CT molecular complexity index is 1060. The molecule has 1 fully saturated rings. The topological polar surface area (TPSA) is 69.5 Å². The maximum absolute atomic E-state index is 12.7. The molecule has 7 nitrogen and oxygen atoms in total. The summed E-state index contributed by atoms with van der Waals surface area (Å²) in [5.74, 6) is -0.354. The van der Waals surface area contributed by atoms with Crippen LogP contribution in [0, 0.1) is 6.92 Å². The molecule has 29 heavy (non-hydrogen) atoms. The molecule has 0 radical (unpaired) electrons. The summed E-state index contributed by atoms with van der Waals surface area (Å²) < 4.78 is 13.3. The second kappa shape index (κ2) is 7.48. The molecule has 1 saturated heterocycles. The van der Waals surface area contributed by atoms with Gasteiger partial charge in [0.15, 0.2) is 0 Å². The second-order valence-electron chi connectivity index (χ2n) is 7.67. The number of aromatic nitrogens is 3. The zero-order valence-electron chi connectivity index (χ0n) is 17.3. The number of esters is 1. The Labute approximate surface area is 170 Å². The number of carbonyl (C=O) groups excluding carboxylic acids is 1. The Morgan fingerprint density at radius 1 is 1.34 bits per heavy atom. The van der Waals surface area contributed by atoms with Gasteiger partial charge in [-0.25, -0.2) is 4.79 Å². The normalized spacial score (nSPS) is 19.5. The molecule has 0 spiro atoms. The van der Waals surface area contributed by atoms with Gasteiger partial charge in [0, 0.05) is 36.9 Å². The van der Waals surface area contributed by atoms with Crippen LogP contribution in [0.2, 0.25) is 0 Å². The number of rotatable bonds is 4. The lowest BCUT2D eigenvalue weighted by Gasteiger charge is -2.42. The molecule has 152 valence electrons. The fourth-order valence-corrected chi connectivity index (χ4v) is 3.92. The minimum atomic E-state index is -0.530. The van der Waals surface area contributed by atoms with Gasteiger partial charge in [0.25, 0.3) is 0 Å². The van der Waals surface area contributed by atoms with Crippen molar-refractivity contribution in [2.45, 2.75) is 26.4 Å². The minimum absolute atomic E-state index is 0.320. The van der Waals surface area contributed by atoms with Crippen molar-refractivity contribution in [3.63, 3.8) is 0 Å². The Kier molecular flexibility index (Phi) is 5.00. The molecule has 1 aliphatic rings. The van der Waals surface area contributed by atoms with E-state index in [9.17, 15) is 4.79 Å². The standard InChI is InChI=1S/C22H26N4O3/c1-5-28-21(27)18-12-23-19-7-6-15(2)10-17(19)20(18)26-8-9-29-22(3,14-26)16-11-24-25(4)13-16/h6-7,10-13H,5,8-9,14H2,1-4H3. The number of aryl methyl sites for hydroxylation is 2. The maximum Gasteiger partial charge on any atom is 0.341 e. The van der Waals surface area contributed by atoms with Crippen LogP contribution in [0.25, 0.3) is 10.9 Å². The zero-order chi connectivity index (χ0) is 20.6. The fraction of sp³-hybridized carbons (Fsp3) is 0.409. The number of nitrogens with zero attached hydrogens (tertiary/aromatic N) is 4. The quantitative estimate of drug-likeness (QED) is 0.633. The van der Waals surface area contributed by atoms with Crippen molar-refractivity contribution in [3.8, 4) is 0 Å². The number of ether oxygens (including phenoxy) is 2. The second-order valence-corrected chi connectivity index (χ2v) is 7.67. The molecule has 4 rings (SSSR count). The van der Waals surface area contributed by atoms with E-state index in [1.54, 1.807) is 10.9 Å². The zero-order valence-corrected chi connectivity index (χ0v) is 17.3. The Morgan fingerprint density at radius 2 is 2.17 bits per heavy atom. The van der Waals surface area contributed by atoms with Gasteiger partial charge in [-0.15, -0.1) is 0 Å². The molecule has 1 atom stereocenters. The first-order valence-electron chi connectivity index (χ1n) is 9.86. The maximum atomic E-state index is 12.7. The predicted octanol–water partition coefficient (Wildman–Crippen LogP) is 3.21. The molecular weight excluding hydrogens is 368 g/mol. The number of carbonyl (C=O) groups is 1. The van der Waals surface area contributed by atoms with Crippen LogP contribution in [-0.4, -0.2) is 47.0 Å². The van der Waals surface area contributed by atoms with E-state index in [2.05, 4.69) is 28.0 Å². The van der Waals surface area contributed by atoms with Gasteiger partial charge in [0.2, 0.25) is 0 Å². The largest absolute Gasteiger partial charge is 0.462 e. The molecule has 0 N–H and O–H groups in total. The molecule has 0 aliphatic carbocycles. The number of fused-ring (bicyclic) bond motifs is 1. The Hall–Kier alpha value is -2.93. The lowest BCUT2D eigenvalue weighted by Crippen LogP contribution is -2.48. The van der Waals surface area contributed by atoms with Gasteiger partial charge in [-0.1, -0.05) is 11.6 Å². The first kappa shape index (κ1) is 19.4. The molecule has 7 heteroatoms.